The smallest absolute Gasteiger partial charge is 0.416 e. The molecule has 1 aliphatic carbocycles. The van der Waals surface area contributed by atoms with Gasteiger partial charge in [-0.1, -0.05) is 12.6 Å². The summed E-state index contributed by atoms with van der Waals surface area (Å²) in [7, 11) is 0. The van der Waals surface area contributed by atoms with E-state index in [0.29, 0.717) is 41.5 Å². The molecule has 3 amide bonds. The largest absolute Gasteiger partial charge is 0.487 e. The SMILES string of the molecule is C=C1/C(=C\C=C(/C)Oc2ccnc3c2CCC(=O)N3)O[C@@H]2[C@@H](NC(=O)Nc3cccc(C(F)(F)F)c3)[C@H]12. The van der Waals surface area contributed by atoms with Gasteiger partial charge in [0.2, 0.25) is 5.91 Å². The summed E-state index contributed by atoms with van der Waals surface area (Å²) in [5.74, 6) is 2.07. The third kappa shape index (κ3) is 5.16. The van der Waals surface area contributed by atoms with Crippen molar-refractivity contribution in [3.8, 4) is 5.75 Å². The fourth-order valence-electron chi connectivity index (χ4n) is 4.39. The van der Waals surface area contributed by atoms with E-state index in [0.717, 1.165) is 17.7 Å². The standard InChI is InChI=1S/C26H23F3N4O4/c1-13(36-19-10-11-30-24-17(19)7-9-20(34)32-24)6-8-18-14(2)21-22(23(21)37-18)33-25(35)31-16-5-3-4-15(12-16)26(27,28)29/h3-6,8,10-12,21-23H,2,7,9H2,1H3,(H,30,32,34)(H2,31,33,35)/b13-6+,18-8+/t21-,22-,23-/m0/s1. The van der Waals surface area contributed by atoms with Gasteiger partial charge in [-0.05, 0) is 55.3 Å². The van der Waals surface area contributed by atoms with Crippen LogP contribution in [0.25, 0.3) is 0 Å². The zero-order chi connectivity index (χ0) is 26.3. The van der Waals surface area contributed by atoms with E-state index in [4.69, 9.17) is 9.47 Å². The van der Waals surface area contributed by atoms with Crippen LogP contribution < -0.4 is 20.7 Å². The number of carbonyl (C=O) groups excluding carboxylic acids is 2. The number of ether oxygens (including phenoxy) is 2. The van der Waals surface area contributed by atoms with E-state index in [1.807, 2.05) is 0 Å². The van der Waals surface area contributed by atoms with Crippen LogP contribution >= 0.6 is 0 Å². The number of halogens is 3. The minimum atomic E-state index is -4.50. The summed E-state index contributed by atoms with van der Waals surface area (Å²) < 4.78 is 50.5. The van der Waals surface area contributed by atoms with Gasteiger partial charge in [0.25, 0.3) is 0 Å². The third-order valence-electron chi connectivity index (χ3n) is 6.29. The summed E-state index contributed by atoms with van der Waals surface area (Å²) in [6.07, 6.45) is 1.15. The fraction of sp³-hybridized carbons (Fsp3) is 0.269. The van der Waals surface area contributed by atoms with E-state index in [-0.39, 0.29) is 29.7 Å². The highest BCUT2D eigenvalue weighted by molar-refractivity contribution is 5.93. The predicted molar refractivity (Wildman–Crippen MR) is 129 cm³/mol. The molecule has 5 rings (SSSR count). The number of hydrogen-bond acceptors (Lipinski definition) is 5. The molecule has 0 spiro atoms. The second kappa shape index (κ2) is 9.30. The van der Waals surface area contributed by atoms with Crippen LogP contribution in [0.3, 0.4) is 0 Å². The molecule has 0 bridgehead atoms. The van der Waals surface area contributed by atoms with Gasteiger partial charge in [0, 0.05) is 23.9 Å². The van der Waals surface area contributed by atoms with Crippen LogP contribution in [0.15, 0.2) is 72.4 Å². The third-order valence-corrected chi connectivity index (χ3v) is 6.29. The molecule has 37 heavy (non-hydrogen) atoms. The van der Waals surface area contributed by atoms with Crippen molar-refractivity contribution >= 4 is 23.4 Å². The number of hydrogen-bond donors (Lipinski definition) is 3. The van der Waals surface area contributed by atoms with Crippen molar-refractivity contribution in [3.63, 3.8) is 0 Å². The molecule has 3 aliphatic rings. The van der Waals surface area contributed by atoms with Crippen molar-refractivity contribution in [3.05, 3.63) is 83.5 Å². The van der Waals surface area contributed by atoms with Gasteiger partial charge in [-0.2, -0.15) is 13.2 Å². The number of nitrogens with zero attached hydrogens (tertiary/aromatic N) is 1. The van der Waals surface area contributed by atoms with Crippen LogP contribution in [0, 0.1) is 5.92 Å². The Morgan fingerprint density at radius 3 is 2.84 bits per heavy atom. The average Bonchev–Trinajstić information content (AvgIpc) is 3.39. The summed E-state index contributed by atoms with van der Waals surface area (Å²) in [6.45, 7) is 5.84. The first-order valence-electron chi connectivity index (χ1n) is 11.5. The molecule has 0 radical (unpaired) electrons. The lowest BCUT2D eigenvalue weighted by Gasteiger charge is -2.18. The second-order valence-corrected chi connectivity index (χ2v) is 8.93. The number of amides is 3. The number of allylic oxidation sites excluding steroid dienone is 4. The molecular weight excluding hydrogens is 489 g/mol. The lowest BCUT2D eigenvalue weighted by molar-refractivity contribution is -0.137. The predicted octanol–water partition coefficient (Wildman–Crippen LogP) is 4.93. The maximum absolute atomic E-state index is 12.9. The van der Waals surface area contributed by atoms with Crippen molar-refractivity contribution in [1.82, 2.24) is 10.3 Å². The average molecular weight is 512 g/mol. The Balaban J connectivity index is 1.16. The summed E-state index contributed by atoms with van der Waals surface area (Å²) in [5, 5.41) is 7.88. The van der Waals surface area contributed by atoms with Gasteiger partial charge in [-0.15, -0.1) is 0 Å². The van der Waals surface area contributed by atoms with Crippen LogP contribution in [-0.2, 0) is 22.1 Å². The van der Waals surface area contributed by atoms with Crippen LogP contribution in [0.5, 0.6) is 5.75 Å². The molecule has 2 aromatic rings. The fourth-order valence-corrected chi connectivity index (χ4v) is 4.39. The topological polar surface area (TPSA) is 102 Å². The number of benzene rings is 1. The molecule has 3 atom stereocenters. The number of carbonyl (C=O) groups is 2. The van der Waals surface area contributed by atoms with Crippen molar-refractivity contribution in [2.45, 2.75) is 38.1 Å². The van der Waals surface area contributed by atoms with Crippen molar-refractivity contribution in [1.29, 1.82) is 0 Å². The van der Waals surface area contributed by atoms with Crippen LogP contribution in [0.4, 0.5) is 29.5 Å². The normalized spacial score (nSPS) is 23.5. The maximum Gasteiger partial charge on any atom is 0.416 e. The number of anilines is 2. The van der Waals surface area contributed by atoms with Gasteiger partial charge in [0.05, 0.1) is 17.5 Å². The summed E-state index contributed by atoms with van der Waals surface area (Å²) >= 11 is 0. The number of alkyl halides is 3. The highest BCUT2D eigenvalue weighted by Crippen LogP contribution is 2.50. The van der Waals surface area contributed by atoms with E-state index < -0.39 is 17.8 Å². The molecule has 2 fully saturated rings. The molecule has 192 valence electrons. The molecule has 1 aromatic carbocycles. The number of pyridine rings is 1. The zero-order valence-electron chi connectivity index (χ0n) is 19.7. The first-order chi connectivity index (χ1) is 17.6. The van der Waals surface area contributed by atoms with E-state index in [1.165, 1.54) is 12.1 Å². The van der Waals surface area contributed by atoms with Gasteiger partial charge in [0.15, 0.2) is 0 Å². The van der Waals surface area contributed by atoms with Crippen molar-refractivity contribution < 1.29 is 32.2 Å². The lowest BCUT2D eigenvalue weighted by atomic mass is 10.1. The Hall–Kier alpha value is -4.28. The Labute approximate surface area is 210 Å². The Kier molecular flexibility index (Phi) is 6.14. The van der Waals surface area contributed by atoms with E-state index in [1.54, 1.807) is 31.3 Å². The van der Waals surface area contributed by atoms with E-state index in [9.17, 15) is 22.8 Å². The van der Waals surface area contributed by atoms with E-state index >= 15 is 0 Å². The van der Waals surface area contributed by atoms with Gasteiger partial charge < -0.3 is 25.4 Å². The van der Waals surface area contributed by atoms with Crippen LogP contribution in [0.1, 0.15) is 24.5 Å². The van der Waals surface area contributed by atoms with Gasteiger partial charge in [-0.25, -0.2) is 9.78 Å². The molecule has 1 aromatic heterocycles. The maximum atomic E-state index is 12.9. The molecule has 11 heteroatoms. The summed E-state index contributed by atoms with van der Waals surface area (Å²) in [5.41, 5.74) is 0.741. The Morgan fingerprint density at radius 1 is 1.30 bits per heavy atom. The molecular formula is C26H23F3N4O4. The van der Waals surface area contributed by atoms with Gasteiger partial charge >= 0.3 is 12.2 Å². The molecule has 1 saturated carbocycles. The minimum absolute atomic E-state index is 0.0388. The van der Waals surface area contributed by atoms with Gasteiger partial charge in [-0.3, -0.25) is 4.79 Å². The Morgan fingerprint density at radius 2 is 2.11 bits per heavy atom. The zero-order valence-corrected chi connectivity index (χ0v) is 19.7. The van der Waals surface area contributed by atoms with E-state index in [2.05, 4.69) is 27.5 Å². The minimum Gasteiger partial charge on any atom is -0.487 e. The number of fused-ring (bicyclic) bond motifs is 2. The first kappa shape index (κ1) is 24.4. The number of aromatic nitrogens is 1. The summed E-state index contributed by atoms with van der Waals surface area (Å²) in [4.78, 5) is 28.1. The number of urea groups is 1. The number of nitrogens with one attached hydrogen (secondary N) is 3. The highest BCUT2D eigenvalue weighted by atomic mass is 19.4. The van der Waals surface area contributed by atoms with Gasteiger partial charge in [0.1, 0.15) is 29.2 Å². The highest BCUT2D eigenvalue weighted by Gasteiger charge is 2.60. The monoisotopic (exact) mass is 512 g/mol. The molecule has 3 N–H and O–H groups in total. The first-order valence-corrected chi connectivity index (χ1v) is 11.5. The van der Waals surface area contributed by atoms with Crippen LogP contribution in [-0.4, -0.2) is 29.1 Å². The second-order valence-electron chi connectivity index (χ2n) is 8.93. The van der Waals surface area contributed by atoms with Crippen molar-refractivity contribution in [2.24, 2.45) is 5.92 Å². The quantitative estimate of drug-likeness (QED) is 0.494. The number of rotatable bonds is 5. The molecule has 0 unspecified atom stereocenters. The summed E-state index contributed by atoms with van der Waals surface area (Å²) in [6, 6.07) is 5.21. The van der Waals surface area contributed by atoms with Crippen LogP contribution in [0.2, 0.25) is 0 Å². The Bertz CT molecular complexity index is 1350. The molecule has 3 heterocycles. The lowest BCUT2D eigenvalue weighted by Crippen LogP contribution is -2.34. The molecule has 2 aliphatic heterocycles. The molecule has 1 saturated heterocycles. The molecule has 8 nitrogen and oxygen atoms in total. The van der Waals surface area contributed by atoms with Crippen molar-refractivity contribution in [2.75, 3.05) is 10.6 Å².